The first-order valence-corrected chi connectivity index (χ1v) is 11.7. The maximum Gasteiger partial charge on any atom is 0.306 e. The highest BCUT2D eigenvalue weighted by atomic mass is 35.5. The summed E-state index contributed by atoms with van der Waals surface area (Å²) in [6.07, 6.45) is 3.68. The minimum atomic E-state index is -1.10. The molecular formula is C25H28ClF2N3O3. The summed E-state index contributed by atoms with van der Waals surface area (Å²) in [6.45, 7) is 2.43. The van der Waals surface area contributed by atoms with Crippen LogP contribution in [-0.4, -0.2) is 30.5 Å². The smallest absolute Gasteiger partial charge is 0.306 e. The standard InChI is InChI=1S/C25H28ClF2N3O3/c1-2-34-23(32)13-16-6-9-20(10-7-16)30-25(29-15-17-4-3-5-19(26)12-17)31-24(33)18-8-11-21(27)22(28)14-18/h3-5,8,11-12,14,16,20H,2,6-7,9-10,13,15H2,1H3,(H2,29,30,31,33). The van der Waals surface area contributed by atoms with E-state index in [0.29, 0.717) is 18.1 Å². The van der Waals surface area contributed by atoms with Gasteiger partial charge in [-0.15, -0.1) is 0 Å². The summed E-state index contributed by atoms with van der Waals surface area (Å²) in [4.78, 5) is 28.9. The first kappa shape index (κ1) is 25.6. The first-order chi connectivity index (χ1) is 16.3. The number of ether oxygens (including phenoxy) is 1. The number of aliphatic imine (C=N–C) groups is 1. The lowest BCUT2D eigenvalue weighted by Crippen LogP contribution is -2.47. The summed E-state index contributed by atoms with van der Waals surface area (Å²) in [6, 6.07) is 10.2. The van der Waals surface area contributed by atoms with E-state index in [9.17, 15) is 18.4 Å². The molecule has 34 heavy (non-hydrogen) atoms. The lowest BCUT2D eigenvalue weighted by molar-refractivity contribution is -0.144. The van der Waals surface area contributed by atoms with E-state index in [1.165, 1.54) is 6.07 Å². The predicted octanol–water partition coefficient (Wildman–Crippen LogP) is 5.01. The van der Waals surface area contributed by atoms with Crippen LogP contribution in [0.2, 0.25) is 5.02 Å². The van der Waals surface area contributed by atoms with Gasteiger partial charge in [-0.2, -0.15) is 0 Å². The molecule has 0 spiro atoms. The van der Waals surface area contributed by atoms with Gasteiger partial charge < -0.3 is 10.1 Å². The third-order valence-corrected chi connectivity index (χ3v) is 5.91. The summed E-state index contributed by atoms with van der Waals surface area (Å²) >= 11 is 6.04. The third-order valence-electron chi connectivity index (χ3n) is 5.67. The maximum atomic E-state index is 13.6. The number of benzene rings is 2. The van der Waals surface area contributed by atoms with Crippen molar-refractivity contribution in [3.05, 3.63) is 70.2 Å². The van der Waals surface area contributed by atoms with Gasteiger partial charge in [0.25, 0.3) is 5.91 Å². The topological polar surface area (TPSA) is 79.8 Å². The highest BCUT2D eigenvalue weighted by molar-refractivity contribution is 6.30. The van der Waals surface area contributed by atoms with E-state index >= 15 is 0 Å². The summed E-state index contributed by atoms with van der Waals surface area (Å²) in [5, 5.41) is 6.52. The van der Waals surface area contributed by atoms with E-state index in [0.717, 1.165) is 43.4 Å². The molecule has 0 saturated heterocycles. The van der Waals surface area contributed by atoms with Gasteiger partial charge in [0.1, 0.15) is 0 Å². The Balaban J connectivity index is 1.66. The van der Waals surface area contributed by atoms with Crippen LogP contribution in [0.3, 0.4) is 0 Å². The zero-order valence-electron chi connectivity index (χ0n) is 19.0. The van der Waals surface area contributed by atoms with Gasteiger partial charge in [0, 0.05) is 23.0 Å². The Morgan fingerprint density at radius 3 is 2.53 bits per heavy atom. The molecule has 2 aromatic carbocycles. The average molecular weight is 492 g/mol. The van der Waals surface area contributed by atoms with Crippen LogP contribution in [-0.2, 0) is 16.1 Å². The van der Waals surface area contributed by atoms with Gasteiger partial charge in [0.15, 0.2) is 17.6 Å². The fraction of sp³-hybridized carbons (Fsp3) is 0.400. The molecule has 1 saturated carbocycles. The van der Waals surface area contributed by atoms with Gasteiger partial charge in [0.2, 0.25) is 0 Å². The fourth-order valence-corrected chi connectivity index (χ4v) is 4.12. The van der Waals surface area contributed by atoms with Crippen molar-refractivity contribution in [2.75, 3.05) is 6.61 Å². The number of esters is 1. The fourth-order valence-electron chi connectivity index (χ4n) is 3.90. The second-order valence-corrected chi connectivity index (χ2v) is 8.69. The molecule has 1 aliphatic carbocycles. The van der Waals surface area contributed by atoms with Crippen LogP contribution in [0.4, 0.5) is 8.78 Å². The molecule has 1 aliphatic rings. The van der Waals surface area contributed by atoms with Crippen LogP contribution >= 0.6 is 11.6 Å². The number of hydrogen-bond acceptors (Lipinski definition) is 4. The van der Waals surface area contributed by atoms with Crippen LogP contribution in [0, 0.1) is 17.6 Å². The molecule has 2 N–H and O–H groups in total. The molecule has 182 valence electrons. The molecule has 0 unspecified atom stereocenters. The minimum Gasteiger partial charge on any atom is -0.466 e. The van der Waals surface area contributed by atoms with Crippen LogP contribution in [0.5, 0.6) is 0 Å². The summed E-state index contributed by atoms with van der Waals surface area (Å²) in [7, 11) is 0. The van der Waals surface area contributed by atoms with E-state index in [1.54, 1.807) is 19.1 Å². The molecular weight excluding hydrogens is 464 g/mol. The van der Waals surface area contributed by atoms with Crippen molar-refractivity contribution < 1.29 is 23.1 Å². The molecule has 0 radical (unpaired) electrons. The number of nitrogens with one attached hydrogen (secondary N) is 2. The number of guanidine groups is 1. The molecule has 0 aliphatic heterocycles. The molecule has 0 bridgehead atoms. The Morgan fingerprint density at radius 1 is 1.09 bits per heavy atom. The number of halogens is 3. The second-order valence-electron chi connectivity index (χ2n) is 8.25. The molecule has 9 heteroatoms. The Labute approximate surface area is 202 Å². The van der Waals surface area contributed by atoms with Gasteiger partial charge in [0.05, 0.1) is 13.2 Å². The number of carbonyl (C=O) groups is 2. The Kier molecular flexibility index (Phi) is 9.39. The van der Waals surface area contributed by atoms with Gasteiger partial charge in [-0.25, -0.2) is 13.8 Å². The number of amides is 1. The largest absolute Gasteiger partial charge is 0.466 e. The summed E-state index contributed by atoms with van der Waals surface area (Å²) in [5.41, 5.74) is 0.835. The summed E-state index contributed by atoms with van der Waals surface area (Å²) in [5.74, 6) is -2.40. The summed E-state index contributed by atoms with van der Waals surface area (Å²) < 4.78 is 31.9. The van der Waals surface area contributed by atoms with Crippen LogP contribution in [0.1, 0.15) is 54.9 Å². The SMILES string of the molecule is CCOC(=O)CC1CCC(NC(=NCc2cccc(Cl)c2)NC(=O)c2ccc(F)c(F)c2)CC1. The number of rotatable bonds is 7. The van der Waals surface area contributed by atoms with Gasteiger partial charge in [-0.3, -0.25) is 14.9 Å². The Hall–Kier alpha value is -3.00. The normalized spacial score (nSPS) is 18.3. The predicted molar refractivity (Wildman–Crippen MR) is 127 cm³/mol. The maximum absolute atomic E-state index is 13.6. The van der Waals surface area contributed by atoms with E-state index in [2.05, 4.69) is 15.6 Å². The van der Waals surface area contributed by atoms with Crippen molar-refractivity contribution in [3.8, 4) is 0 Å². The molecule has 0 heterocycles. The molecule has 0 aromatic heterocycles. The molecule has 2 aromatic rings. The quantitative estimate of drug-likeness (QED) is 0.324. The highest BCUT2D eigenvalue weighted by Gasteiger charge is 2.25. The van der Waals surface area contributed by atoms with Crippen molar-refractivity contribution in [2.24, 2.45) is 10.9 Å². The lowest BCUT2D eigenvalue weighted by atomic mass is 9.84. The van der Waals surface area contributed by atoms with Gasteiger partial charge >= 0.3 is 5.97 Å². The van der Waals surface area contributed by atoms with E-state index in [4.69, 9.17) is 16.3 Å². The zero-order valence-corrected chi connectivity index (χ0v) is 19.7. The molecule has 6 nitrogen and oxygen atoms in total. The molecule has 1 amide bonds. The first-order valence-electron chi connectivity index (χ1n) is 11.3. The molecule has 3 rings (SSSR count). The second kappa shape index (κ2) is 12.5. The van der Waals surface area contributed by atoms with Gasteiger partial charge in [-0.1, -0.05) is 23.7 Å². The van der Waals surface area contributed by atoms with Crippen LogP contribution in [0.15, 0.2) is 47.5 Å². The number of hydrogen-bond donors (Lipinski definition) is 2. The number of carbonyl (C=O) groups excluding carboxylic acids is 2. The van der Waals surface area contributed by atoms with E-state index < -0.39 is 17.5 Å². The molecule has 1 fully saturated rings. The van der Waals surface area contributed by atoms with Crippen molar-refractivity contribution >= 4 is 29.4 Å². The lowest BCUT2D eigenvalue weighted by Gasteiger charge is -2.29. The number of nitrogens with zero attached hydrogens (tertiary/aromatic N) is 1. The zero-order chi connectivity index (χ0) is 24.5. The van der Waals surface area contributed by atoms with Crippen molar-refractivity contribution in [1.82, 2.24) is 10.6 Å². The van der Waals surface area contributed by atoms with Gasteiger partial charge in [-0.05, 0) is 74.4 Å². The average Bonchev–Trinajstić information content (AvgIpc) is 2.80. The van der Waals surface area contributed by atoms with Crippen molar-refractivity contribution in [2.45, 2.75) is 51.6 Å². The van der Waals surface area contributed by atoms with E-state index in [-0.39, 0.29) is 36.0 Å². The van der Waals surface area contributed by atoms with Crippen LogP contribution in [0.25, 0.3) is 0 Å². The van der Waals surface area contributed by atoms with Crippen LogP contribution < -0.4 is 10.6 Å². The third kappa shape index (κ3) is 7.80. The van der Waals surface area contributed by atoms with E-state index in [1.807, 2.05) is 12.1 Å². The Morgan fingerprint density at radius 2 is 1.85 bits per heavy atom. The Bertz CT molecular complexity index is 1040. The van der Waals surface area contributed by atoms with Crippen molar-refractivity contribution in [3.63, 3.8) is 0 Å². The monoisotopic (exact) mass is 491 g/mol. The highest BCUT2D eigenvalue weighted by Crippen LogP contribution is 2.27. The van der Waals surface area contributed by atoms with Crippen molar-refractivity contribution in [1.29, 1.82) is 0 Å². The molecule has 0 atom stereocenters. The minimum absolute atomic E-state index is 0.0192.